The molecule has 10 N–H and O–H groups in total. The van der Waals surface area contributed by atoms with Crippen LogP contribution in [0.15, 0.2) is 109 Å². The SMILES string of the molecule is CC(=O)O[C@@H](C)/C=C\C(=O)N[C@@H]1C[C@H](C)[C@H](C/C=C(C)/C=C/[C@H]2O[C@H](CC(=O)NNC(=O)OCc3ccc(NC(=O)[C@H](CCCNC(N)=O)NC(=O)[C@@H](NC(=O)OCC4c5ccccc5-c5ccccc54)C(C)C)cc3)C[C@@]3(CO3)[C@@H]2O)O[C@@H]1C. The lowest BCUT2D eigenvalue weighted by molar-refractivity contribution is -0.146. The molecule has 85 heavy (non-hydrogen) atoms. The summed E-state index contributed by atoms with van der Waals surface area (Å²) < 4.78 is 34.2. The Morgan fingerprint density at radius 1 is 0.835 bits per heavy atom. The maximum absolute atomic E-state index is 13.8. The van der Waals surface area contributed by atoms with Gasteiger partial charge in [0.1, 0.15) is 49.2 Å². The molecule has 4 aliphatic rings. The van der Waals surface area contributed by atoms with Crippen LogP contribution in [0.1, 0.15) is 110 Å². The summed E-state index contributed by atoms with van der Waals surface area (Å²) in [4.78, 5) is 102. The zero-order valence-electron chi connectivity index (χ0n) is 49.1. The monoisotopic (exact) mass is 1180 g/mol. The van der Waals surface area contributed by atoms with Gasteiger partial charge in [-0.05, 0) is 104 Å². The number of hydrogen-bond donors (Lipinski definition) is 9. The third-order valence-electron chi connectivity index (χ3n) is 15.4. The molecule has 8 amide bonds. The average Bonchev–Trinajstić information content (AvgIpc) is 1.70. The number of fused-ring (bicyclic) bond motifs is 3. The number of nitrogens with one attached hydrogen (secondary N) is 7. The molecule has 3 heterocycles. The zero-order valence-corrected chi connectivity index (χ0v) is 49.1. The number of carbonyl (C=O) groups excluding carboxylic acids is 8. The smallest absolute Gasteiger partial charge is 0.426 e. The Morgan fingerprint density at radius 2 is 1.52 bits per heavy atom. The van der Waals surface area contributed by atoms with Gasteiger partial charge in [-0.25, -0.2) is 19.8 Å². The molecule has 23 nitrogen and oxygen atoms in total. The Bertz CT molecular complexity index is 2920. The van der Waals surface area contributed by atoms with E-state index in [4.69, 9.17) is 34.2 Å². The molecular weight excluding hydrogens is 1100 g/mol. The Balaban J connectivity index is 0.832. The topological polar surface area (TPSA) is 326 Å². The number of esters is 1. The number of aliphatic hydroxyl groups is 1. The van der Waals surface area contributed by atoms with Crippen LogP contribution in [0.4, 0.5) is 20.1 Å². The highest BCUT2D eigenvalue weighted by molar-refractivity contribution is 5.98. The fourth-order valence-electron chi connectivity index (χ4n) is 10.7. The molecule has 0 unspecified atom stereocenters. The molecule has 11 atom stereocenters. The van der Waals surface area contributed by atoms with Crippen LogP contribution in [0.5, 0.6) is 0 Å². The van der Waals surface area contributed by atoms with Crippen LogP contribution in [0.3, 0.4) is 0 Å². The van der Waals surface area contributed by atoms with Gasteiger partial charge in [0.05, 0.1) is 37.4 Å². The van der Waals surface area contributed by atoms with Crippen LogP contribution in [0.25, 0.3) is 11.1 Å². The molecule has 1 aliphatic carbocycles. The first-order valence-electron chi connectivity index (χ1n) is 28.8. The second kappa shape index (κ2) is 30.1. The number of anilines is 1. The standard InChI is InChI=1S/C62H80N8O15/c1-35(2)55(68-60(78)81-33-48-46-15-10-8-13-44(46)45-14-9-11-16-47(45)48)58(76)67-49(17-12-28-64-59(63)77)57(75)65-42-23-21-41(22-24-42)32-80-61(79)70-69-54(73)30-43-31-62(34-82-62)56(74)52(85-43)26-19-36(3)18-25-51-37(4)29-50(39(6)84-51)66-53(72)27-20-38(5)83-40(7)71/h8-11,13-16,18-24,26-27,35,37-39,43,48-52,55-56,74H,12,17,25,28-34H2,1-7H3,(H,65,75)(H,66,72)(H,67,76)(H,68,78)(H,69,73)(H,70,79)(H3,63,64,77)/b26-19+,27-20-,36-18+/t37-,38-,39+,43+,49-,50+,51-,52+,55-,56+,62+/m0/s1. The summed E-state index contributed by atoms with van der Waals surface area (Å²) in [5.41, 5.74) is 15.0. The first-order chi connectivity index (χ1) is 40.6. The minimum absolute atomic E-state index is 0.0411. The quantitative estimate of drug-likeness (QED) is 0.00980. The number of alkyl carbamates (subject to hydrolysis) is 1. The largest absolute Gasteiger partial charge is 0.459 e. The maximum Gasteiger partial charge on any atom is 0.426 e. The van der Waals surface area contributed by atoms with Crippen molar-refractivity contribution >= 4 is 53.5 Å². The van der Waals surface area contributed by atoms with E-state index in [1.165, 1.54) is 19.1 Å². The van der Waals surface area contributed by atoms with E-state index in [1.807, 2.05) is 74.5 Å². The molecule has 3 aliphatic heterocycles. The van der Waals surface area contributed by atoms with Gasteiger partial charge < -0.3 is 65.8 Å². The number of rotatable bonds is 24. The Kier molecular flexibility index (Phi) is 22.8. The summed E-state index contributed by atoms with van der Waals surface area (Å²) in [7, 11) is 0. The third kappa shape index (κ3) is 18.7. The van der Waals surface area contributed by atoms with E-state index in [9.17, 15) is 43.5 Å². The van der Waals surface area contributed by atoms with Gasteiger partial charge in [-0.3, -0.25) is 29.4 Å². The average molecular weight is 1180 g/mol. The van der Waals surface area contributed by atoms with Gasteiger partial charge in [0, 0.05) is 37.6 Å². The van der Waals surface area contributed by atoms with Crippen molar-refractivity contribution in [1.82, 2.24) is 32.1 Å². The number of aliphatic hydroxyl groups excluding tert-OH is 1. The van der Waals surface area contributed by atoms with Crippen molar-refractivity contribution in [2.45, 2.75) is 160 Å². The number of hydrazine groups is 1. The zero-order chi connectivity index (χ0) is 61.4. The molecule has 1 spiro atoms. The fourth-order valence-corrected chi connectivity index (χ4v) is 10.7. The number of epoxide rings is 1. The van der Waals surface area contributed by atoms with Crippen molar-refractivity contribution < 1.29 is 71.9 Å². The second-order valence-electron chi connectivity index (χ2n) is 22.5. The lowest BCUT2D eigenvalue weighted by atomic mass is 9.87. The van der Waals surface area contributed by atoms with Crippen molar-refractivity contribution in [2.75, 3.05) is 25.1 Å². The van der Waals surface area contributed by atoms with Gasteiger partial charge >= 0.3 is 24.2 Å². The number of benzene rings is 3. The molecule has 0 radical (unpaired) electrons. The molecule has 3 saturated heterocycles. The predicted octanol–water partition coefficient (Wildman–Crippen LogP) is 5.76. The minimum atomic E-state index is -1.10. The normalized spacial score (nSPS) is 23.6. The summed E-state index contributed by atoms with van der Waals surface area (Å²) in [6.07, 6.45) is 5.25. The van der Waals surface area contributed by atoms with Crippen LogP contribution >= 0.6 is 0 Å². The fraction of sp³-hybridized carbons (Fsp3) is 0.484. The van der Waals surface area contributed by atoms with Gasteiger partial charge in [-0.2, -0.15) is 0 Å². The summed E-state index contributed by atoms with van der Waals surface area (Å²) >= 11 is 0. The maximum atomic E-state index is 13.8. The predicted molar refractivity (Wildman–Crippen MR) is 313 cm³/mol. The summed E-state index contributed by atoms with van der Waals surface area (Å²) in [5.74, 6) is -2.96. The molecule has 3 aromatic carbocycles. The van der Waals surface area contributed by atoms with E-state index in [1.54, 1.807) is 51.1 Å². The van der Waals surface area contributed by atoms with Crippen LogP contribution in [0, 0.1) is 11.8 Å². The number of hydrogen-bond acceptors (Lipinski definition) is 15. The lowest BCUT2D eigenvalue weighted by Gasteiger charge is -2.39. The minimum Gasteiger partial charge on any atom is -0.459 e. The summed E-state index contributed by atoms with van der Waals surface area (Å²) in [6, 6.07) is 19.1. The number of carbonyl (C=O) groups is 8. The Morgan fingerprint density at radius 3 is 2.16 bits per heavy atom. The van der Waals surface area contributed by atoms with Gasteiger partial charge in [-0.1, -0.05) is 105 Å². The van der Waals surface area contributed by atoms with Gasteiger partial charge in [0.15, 0.2) is 0 Å². The van der Waals surface area contributed by atoms with Crippen molar-refractivity contribution in [3.05, 3.63) is 125 Å². The highest BCUT2D eigenvalue weighted by Crippen LogP contribution is 2.45. The molecule has 0 saturated carbocycles. The number of ether oxygens (including phenoxy) is 6. The van der Waals surface area contributed by atoms with E-state index in [-0.39, 0.29) is 81.4 Å². The lowest BCUT2D eigenvalue weighted by Crippen LogP contribution is -2.54. The number of urea groups is 1. The van der Waals surface area contributed by atoms with Gasteiger partial charge in [-0.15, -0.1) is 0 Å². The number of nitrogens with two attached hydrogens (primary N) is 1. The number of amides is 8. The van der Waals surface area contributed by atoms with Crippen LogP contribution in [-0.4, -0.2) is 133 Å². The number of allylic oxidation sites excluding steroid dienone is 2. The van der Waals surface area contributed by atoms with Crippen LogP contribution in [0.2, 0.25) is 0 Å². The Hall–Kier alpha value is -8.12. The van der Waals surface area contributed by atoms with Gasteiger partial charge in [0.25, 0.3) is 0 Å². The van der Waals surface area contributed by atoms with Crippen LogP contribution in [-0.2, 0) is 59.0 Å². The van der Waals surface area contributed by atoms with E-state index < -0.39 is 89.9 Å². The van der Waals surface area contributed by atoms with Gasteiger partial charge in [0.2, 0.25) is 23.6 Å². The molecule has 3 aromatic rings. The van der Waals surface area contributed by atoms with Crippen molar-refractivity contribution in [3.8, 4) is 11.1 Å². The summed E-state index contributed by atoms with van der Waals surface area (Å²) in [6.45, 7) is 12.7. The molecular formula is C62H80N8O15. The highest BCUT2D eigenvalue weighted by Gasteiger charge is 2.58. The van der Waals surface area contributed by atoms with E-state index >= 15 is 0 Å². The Labute approximate surface area is 494 Å². The molecule has 458 valence electrons. The first-order valence-corrected chi connectivity index (χ1v) is 28.8. The third-order valence-corrected chi connectivity index (χ3v) is 15.4. The molecule has 3 fully saturated rings. The highest BCUT2D eigenvalue weighted by atomic mass is 16.6. The molecule has 0 bridgehead atoms. The van der Waals surface area contributed by atoms with Crippen molar-refractivity contribution in [3.63, 3.8) is 0 Å². The number of primary amides is 1. The molecule has 0 aromatic heterocycles. The molecule has 7 rings (SSSR count). The van der Waals surface area contributed by atoms with E-state index in [0.29, 0.717) is 30.7 Å². The van der Waals surface area contributed by atoms with Crippen molar-refractivity contribution in [1.29, 1.82) is 0 Å². The first kappa shape index (κ1) is 64.4. The van der Waals surface area contributed by atoms with E-state index in [0.717, 1.165) is 27.8 Å². The summed E-state index contributed by atoms with van der Waals surface area (Å²) in [5, 5.41) is 24.9. The van der Waals surface area contributed by atoms with Crippen LogP contribution < -0.4 is 43.2 Å². The van der Waals surface area contributed by atoms with E-state index in [2.05, 4.69) is 44.4 Å². The second-order valence-corrected chi connectivity index (χ2v) is 22.5. The van der Waals surface area contributed by atoms with Crippen molar-refractivity contribution in [2.24, 2.45) is 17.6 Å². The molecule has 23 heteroatoms.